The number of ether oxygens (including phenoxy) is 2. The van der Waals surface area contributed by atoms with Crippen molar-refractivity contribution in [3.63, 3.8) is 0 Å². The second kappa shape index (κ2) is 7.80. The van der Waals surface area contributed by atoms with Gasteiger partial charge in [-0.2, -0.15) is 0 Å². The first-order valence-corrected chi connectivity index (χ1v) is 8.46. The molecular weight excluding hydrogens is 342 g/mol. The molecule has 0 saturated carbocycles. The van der Waals surface area contributed by atoms with Gasteiger partial charge in [-0.3, -0.25) is 4.79 Å². The van der Waals surface area contributed by atoms with Crippen molar-refractivity contribution in [2.24, 2.45) is 0 Å². The summed E-state index contributed by atoms with van der Waals surface area (Å²) in [7, 11) is 3.02. The molecule has 1 N–H and O–H groups in total. The summed E-state index contributed by atoms with van der Waals surface area (Å²) in [5.41, 5.74) is 0.359. The first kappa shape index (κ1) is 17.0. The predicted molar refractivity (Wildman–Crippen MR) is 93.2 cm³/mol. The fourth-order valence-electron chi connectivity index (χ4n) is 2.30. The number of hydrogen-bond acceptors (Lipinski definition) is 7. The summed E-state index contributed by atoms with van der Waals surface area (Å²) in [6, 6.07) is 9.02. The third-order valence-electron chi connectivity index (χ3n) is 3.48. The van der Waals surface area contributed by atoms with Gasteiger partial charge in [0, 0.05) is 13.0 Å². The summed E-state index contributed by atoms with van der Waals surface area (Å²) >= 11 is 1.53. The molecule has 0 fully saturated rings. The third kappa shape index (κ3) is 3.80. The Morgan fingerprint density at radius 1 is 1.16 bits per heavy atom. The number of benzene rings is 1. The van der Waals surface area contributed by atoms with Crippen LogP contribution in [0.4, 0.5) is 0 Å². The summed E-state index contributed by atoms with van der Waals surface area (Å²) in [4.78, 5) is 13.4. The average molecular weight is 359 g/mol. The molecule has 0 atom stereocenters. The predicted octanol–water partition coefficient (Wildman–Crippen LogP) is 2.79. The molecule has 3 aromatic rings. The van der Waals surface area contributed by atoms with E-state index in [1.54, 1.807) is 18.2 Å². The van der Waals surface area contributed by atoms with Gasteiger partial charge in [0.25, 0.3) is 11.8 Å². The Morgan fingerprint density at radius 2 is 1.92 bits per heavy atom. The van der Waals surface area contributed by atoms with E-state index in [1.165, 1.54) is 25.6 Å². The normalized spacial score (nSPS) is 10.5. The molecule has 0 aliphatic rings. The van der Waals surface area contributed by atoms with E-state index in [0.717, 1.165) is 4.88 Å². The van der Waals surface area contributed by atoms with E-state index in [2.05, 4.69) is 15.5 Å². The van der Waals surface area contributed by atoms with Crippen molar-refractivity contribution in [2.75, 3.05) is 20.8 Å². The molecule has 130 valence electrons. The Balaban J connectivity index is 1.62. The standard InChI is InChI=1S/C17H17N3O4S/c1-22-11-5-3-6-12(23-2)15(11)16(21)18-9-8-14-19-20-17(24-14)13-7-4-10-25-13/h3-7,10H,8-9H2,1-2H3,(H,18,21). The zero-order chi connectivity index (χ0) is 17.6. The van der Waals surface area contributed by atoms with Crippen molar-refractivity contribution in [1.82, 2.24) is 15.5 Å². The van der Waals surface area contributed by atoms with Crippen LogP contribution in [-0.4, -0.2) is 36.9 Å². The molecule has 0 spiro atoms. The fourth-order valence-corrected chi connectivity index (χ4v) is 2.94. The summed E-state index contributed by atoms with van der Waals surface area (Å²) in [5, 5.41) is 12.8. The molecule has 0 radical (unpaired) electrons. The minimum absolute atomic E-state index is 0.285. The van der Waals surface area contributed by atoms with Crippen molar-refractivity contribution in [3.05, 3.63) is 47.2 Å². The molecule has 2 heterocycles. The van der Waals surface area contributed by atoms with Crippen LogP contribution in [0.3, 0.4) is 0 Å². The first-order chi connectivity index (χ1) is 12.2. The number of amides is 1. The minimum atomic E-state index is -0.285. The van der Waals surface area contributed by atoms with Gasteiger partial charge in [0.2, 0.25) is 5.89 Å². The topological polar surface area (TPSA) is 86.5 Å². The monoisotopic (exact) mass is 359 g/mol. The molecule has 0 aliphatic heterocycles. The van der Waals surface area contributed by atoms with E-state index in [9.17, 15) is 4.79 Å². The lowest BCUT2D eigenvalue weighted by atomic mass is 10.1. The zero-order valence-corrected chi connectivity index (χ0v) is 14.6. The Bertz CT molecular complexity index is 823. The first-order valence-electron chi connectivity index (χ1n) is 7.58. The highest BCUT2D eigenvalue weighted by Gasteiger charge is 2.18. The van der Waals surface area contributed by atoms with E-state index in [-0.39, 0.29) is 5.91 Å². The highest BCUT2D eigenvalue weighted by atomic mass is 32.1. The van der Waals surface area contributed by atoms with Crippen LogP contribution in [0, 0.1) is 0 Å². The molecule has 0 bridgehead atoms. The molecule has 2 aromatic heterocycles. The lowest BCUT2D eigenvalue weighted by molar-refractivity contribution is 0.0947. The Hall–Kier alpha value is -2.87. The summed E-state index contributed by atoms with van der Waals surface area (Å²) in [6.07, 6.45) is 0.432. The van der Waals surface area contributed by atoms with Crippen LogP contribution < -0.4 is 14.8 Å². The van der Waals surface area contributed by atoms with Crippen LogP contribution in [0.5, 0.6) is 11.5 Å². The van der Waals surface area contributed by atoms with Crippen molar-refractivity contribution < 1.29 is 18.7 Å². The van der Waals surface area contributed by atoms with E-state index >= 15 is 0 Å². The summed E-state index contributed by atoms with van der Waals surface area (Å²) in [6.45, 7) is 0.353. The van der Waals surface area contributed by atoms with Gasteiger partial charge >= 0.3 is 0 Å². The number of rotatable bonds is 7. The number of thiophene rings is 1. The number of nitrogens with one attached hydrogen (secondary N) is 1. The Labute approximate surface area is 148 Å². The van der Waals surface area contributed by atoms with Crippen molar-refractivity contribution >= 4 is 17.2 Å². The van der Waals surface area contributed by atoms with Gasteiger partial charge in [0.1, 0.15) is 17.1 Å². The van der Waals surface area contributed by atoms with Crippen LogP contribution in [0.2, 0.25) is 0 Å². The van der Waals surface area contributed by atoms with Gasteiger partial charge in [-0.15, -0.1) is 21.5 Å². The minimum Gasteiger partial charge on any atom is -0.496 e. The molecule has 8 heteroatoms. The van der Waals surface area contributed by atoms with Crippen LogP contribution in [-0.2, 0) is 6.42 Å². The van der Waals surface area contributed by atoms with Crippen LogP contribution >= 0.6 is 11.3 Å². The quantitative estimate of drug-likeness (QED) is 0.698. The SMILES string of the molecule is COc1cccc(OC)c1C(=O)NCCc1nnc(-c2cccs2)o1. The lowest BCUT2D eigenvalue weighted by Gasteiger charge is -2.12. The molecule has 7 nitrogen and oxygen atoms in total. The Morgan fingerprint density at radius 3 is 2.56 bits per heavy atom. The fraction of sp³-hybridized carbons (Fsp3) is 0.235. The number of aromatic nitrogens is 2. The smallest absolute Gasteiger partial charge is 0.258 e. The van der Waals surface area contributed by atoms with E-state index < -0.39 is 0 Å². The number of methoxy groups -OCH3 is 2. The molecule has 0 unspecified atom stereocenters. The molecule has 3 rings (SSSR count). The maximum Gasteiger partial charge on any atom is 0.258 e. The Kier molecular flexibility index (Phi) is 5.30. The van der Waals surface area contributed by atoms with Gasteiger partial charge < -0.3 is 19.2 Å². The van der Waals surface area contributed by atoms with Gasteiger partial charge in [0.05, 0.1) is 19.1 Å². The highest BCUT2D eigenvalue weighted by molar-refractivity contribution is 7.13. The maximum atomic E-state index is 12.5. The van der Waals surface area contributed by atoms with Crippen LogP contribution in [0.1, 0.15) is 16.2 Å². The lowest BCUT2D eigenvalue weighted by Crippen LogP contribution is -2.26. The number of hydrogen-bond donors (Lipinski definition) is 1. The van der Waals surface area contributed by atoms with E-state index in [0.29, 0.717) is 41.8 Å². The number of carbonyl (C=O) groups is 1. The van der Waals surface area contributed by atoms with E-state index in [4.69, 9.17) is 13.9 Å². The van der Waals surface area contributed by atoms with Gasteiger partial charge in [-0.25, -0.2) is 0 Å². The largest absolute Gasteiger partial charge is 0.496 e. The molecular formula is C17H17N3O4S. The maximum absolute atomic E-state index is 12.5. The second-order valence-electron chi connectivity index (χ2n) is 5.02. The van der Waals surface area contributed by atoms with Gasteiger partial charge in [-0.1, -0.05) is 12.1 Å². The summed E-state index contributed by atoms with van der Waals surface area (Å²) in [5.74, 6) is 1.58. The number of carbonyl (C=O) groups excluding carboxylic acids is 1. The zero-order valence-electron chi connectivity index (χ0n) is 13.8. The van der Waals surface area contributed by atoms with Gasteiger partial charge in [-0.05, 0) is 23.6 Å². The van der Waals surface area contributed by atoms with Crippen LogP contribution in [0.25, 0.3) is 10.8 Å². The average Bonchev–Trinajstić information content (AvgIpc) is 3.32. The van der Waals surface area contributed by atoms with Crippen molar-refractivity contribution in [1.29, 1.82) is 0 Å². The van der Waals surface area contributed by atoms with Crippen molar-refractivity contribution in [3.8, 4) is 22.3 Å². The second-order valence-corrected chi connectivity index (χ2v) is 5.97. The molecule has 0 aliphatic carbocycles. The van der Waals surface area contributed by atoms with Gasteiger partial charge in [0.15, 0.2) is 0 Å². The molecule has 25 heavy (non-hydrogen) atoms. The summed E-state index contributed by atoms with van der Waals surface area (Å²) < 4.78 is 16.1. The molecule has 1 amide bonds. The number of nitrogens with zero attached hydrogens (tertiary/aromatic N) is 2. The molecule has 0 saturated heterocycles. The third-order valence-corrected chi connectivity index (χ3v) is 4.34. The molecule has 1 aromatic carbocycles. The van der Waals surface area contributed by atoms with Crippen molar-refractivity contribution in [2.45, 2.75) is 6.42 Å². The van der Waals surface area contributed by atoms with E-state index in [1.807, 2.05) is 17.5 Å². The van der Waals surface area contributed by atoms with Crippen LogP contribution in [0.15, 0.2) is 40.1 Å². The highest BCUT2D eigenvalue weighted by Crippen LogP contribution is 2.28.